The van der Waals surface area contributed by atoms with E-state index in [-0.39, 0.29) is 6.10 Å². The largest absolute Gasteiger partial charge is 0.440 e. The lowest BCUT2D eigenvalue weighted by Crippen LogP contribution is -2.35. The van der Waals surface area contributed by atoms with E-state index in [1.165, 1.54) is 12.8 Å². The summed E-state index contributed by atoms with van der Waals surface area (Å²) in [5, 5.41) is 0. The number of ether oxygens (including phenoxy) is 1. The maximum atomic E-state index is 11.2. The summed E-state index contributed by atoms with van der Waals surface area (Å²) >= 11 is 0. The fourth-order valence-corrected chi connectivity index (χ4v) is 2.66. The maximum Gasteiger partial charge on any atom is 0.405 e. The Morgan fingerprint density at radius 2 is 1.95 bits per heavy atom. The van der Waals surface area contributed by atoms with Crippen LogP contribution in [0.5, 0.6) is 0 Å². The molecule has 116 valence electrons. The molecule has 1 aliphatic rings. The molecular formula is C17H26N2O2. The van der Waals surface area contributed by atoms with Crippen LogP contribution in [0.25, 0.3) is 0 Å². The lowest BCUT2D eigenvalue weighted by Gasteiger charge is -2.28. The van der Waals surface area contributed by atoms with E-state index in [1.807, 2.05) is 30.3 Å². The number of hydrogen-bond donors (Lipinski definition) is 1. The lowest BCUT2D eigenvalue weighted by molar-refractivity contribution is 0.0708. The fourth-order valence-electron chi connectivity index (χ4n) is 2.66. The molecule has 0 radical (unpaired) electrons. The van der Waals surface area contributed by atoms with Crippen LogP contribution in [-0.2, 0) is 4.74 Å². The minimum absolute atomic E-state index is 0.291. The summed E-state index contributed by atoms with van der Waals surface area (Å²) in [5.74, 6) is 1.41. The highest BCUT2D eigenvalue weighted by Crippen LogP contribution is 2.31. The number of benzene rings is 1. The topological polar surface area (TPSA) is 55.6 Å². The van der Waals surface area contributed by atoms with Gasteiger partial charge in [0, 0.05) is 19.6 Å². The number of nitrogens with zero attached hydrogens (tertiary/aromatic N) is 1. The molecule has 2 rings (SSSR count). The van der Waals surface area contributed by atoms with Crippen LogP contribution >= 0.6 is 0 Å². The van der Waals surface area contributed by atoms with E-state index < -0.39 is 6.09 Å². The van der Waals surface area contributed by atoms with Crippen molar-refractivity contribution in [1.29, 1.82) is 0 Å². The summed E-state index contributed by atoms with van der Waals surface area (Å²) in [5.41, 5.74) is 6.24. The number of hydrogen-bond acceptors (Lipinski definition) is 3. The van der Waals surface area contributed by atoms with Crippen molar-refractivity contribution < 1.29 is 9.53 Å². The van der Waals surface area contributed by atoms with Crippen molar-refractivity contribution >= 4 is 6.09 Å². The summed E-state index contributed by atoms with van der Waals surface area (Å²) in [6.07, 6.45) is 1.64. The molecule has 1 unspecified atom stereocenters. The molecule has 1 fully saturated rings. The number of carbonyl (C=O) groups is 1. The fraction of sp³-hybridized carbons (Fsp3) is 0.588. The van der Waals surface area contributed by atoms with Gasteiger partial charge in [0.25, 0.3) is 0 Å². The molecule has 0 saturated heterocycles. The van der Waals surface area contributed by atoms with Crippen LogP contribution in [0.4, 0.5) is 4.79 Å². The van der Waals surface area contributed by atoms with Crippen molar-refractivity contribution in [1.82, 2.24) is 4.90 Å². The third-order valence-electron chi connectivity index (χ3n) is 3.69. The highest BCUT2D eigenvalue weighted by molar-refractivity contribution is 5.65. The van der Waals surface area contributed by atoms with Crippen molar-refractivity contribution in [2.24, 2.45) is 17.6 Å². The van der Waals surface area contributed by atoms with Gasteiger partial charge in [-0.2, -0.15) is 0 Å². The van der Waals surface area contributed by atoms with Gasteiger partial charge in [-0.25, -0.2) is 4.79 Å². The van der Waals surface area contributed by atoms with Gasteiger partial charge in [0.2, 0.25) is 0 Å². The molecule has 1 aromatic carbocycles. The van der Waals surface area contributed by atoms with E-state index in [0.717, 1.165) is 24.6 Å². The Morgan fingerprint density at radius 1 is 1.29 bits per heavy atom. The predicted molar refractivity (Wildman–Crippen MR) is 83.9 cm³/mol. The first-order chi connectivity index (χ1) is 10.0. The molecule has 0 heterocycles. The zero-order valence-electron chi connectivity index (χ0n) is 13.0. The SMILES string of the molecule is CC(C)CN(CC1CC1)CC(OC(N)=O)c1ccccc1. The summed E-state index contributed by atoms with van der Waals surface area (Å²) < 4.78 is 5.35. The Balaban J connectivity index is 2.05. The standard InChI is InChI=1S/C17H26N2O2/c1-13(2)10-19(11-14-8-9-14)12-16(21-17(18)20)15-6-4-3-5-7-15/h3-7,13-14,16H,8-12H2,1-2H3,(H2,18,20). The number of amides is 1. The Kier molecular flexibility index (Phi) is 5.62. The second-order valence-electron chi connectivity index (χ2n) is 6.39. The molecular weight excluding hydrogens is 264 g/mol. The van der Waals surface area contributed by atoms with Crippen LogP contribution in [0.15, 0.2) is 30.3 Å². The highest BCUT2D eigenvalue weighted by Gasteiger charge is 2.27. The smallest absolute Gasteiger partial charge is 0.405 e. The van der Waals surface area contributed by atoms with Gasteiger partial charge in [-0.3, -0.25) is 4.90 Å². The van der Waals surface area contributed by atoms with Gasteiger partial charge in [0.05, 0.1) is 0 Å². The number of carbonyl (C=O) groups excluding carboxylic acids is 1. The Bertz CT molecular complexity index is 439. The second-order valence-corrected chi connectivity index (χ2v) is 6.39. The van der Waals surface area contributed by atoms with Crippen molar-refractivity contribution in [3.8, 4) is 0 Å². The third-order valence-corrected chi connectivity index (χ3v) is 3.69. The van der Waals surface area contributed by atoms with E-state index in [2.05, 4.69) is 18.7 Å². The second kappa shape index (κ2) is 7.46. The molecule has 1 aromatic rings. The number of nitrogens with two attached hydrogens (primary N) is 1. The molecule has 21 heavy (non-hydrogen) atoms. The van der Waals surface area contributed by atoms with E-state index in [4.69, 9.17) is 10.5 Å². The van der Waals surface area contributed by atoms with Crippen LogP contribution in [0, 0.1) is 11.8 Å². The van der Waals surface area contributed by atoms with Crippen LogP contribution in [0.3, 0.4) is 0 Å². The first-order valence-corrected chi connectivity index (χ1v) is 7.78. The molecule has 4 heteroatoms. The summed E-state index contributed by atoms with van der Waals surface area (Å²) in [7, 11) is 0. The van der Waals surface area contributed by atoms with E-state index in [1.54, 1.807) is 0 Å². The van der Waals surface area contributed by atoms with Gasteiger partial charge in [-0.05, 0) is 30.2 Å². The quantitative estimate of drug-likeness (QED) is 0.800. The van der Waals surface area contributed by atoms with E-state index >= 15 is 0 Å². The van der Waals surface area contributed by atoms with Gasteiger partial charge < -0.3 is 10.5 Å². The Morgan fingerprint density at radius 3 is 2.48 bits per heavy atom. The first-order valence-electron chi connectivity index (χ1n) is 7.78. The van der Waals surface area contributed by atoms with Gasteiger partial charge in [-0.15, -0.1) is 0 Å². The minimum atomic E-state index is -0.709. The van der Waals surface area contributed by atoms with Gasteiger partial charge in [0.15, 0.2) is 0 Å². The molecule has 0 bridgehead atoms. The molecule has 4 nitrogen and oxygen atoms in total. The summed E-state index contributed by atoms with van der Waals surface area (Å²) in [6.45, 7) is 7.24. The molecule has 0 aliphatic heterocycles. The predicted octanol–water partition coefficient (Wildman–Crippen LogP) is 3.19. The van der Waals surface area contributed by atoms with Crippen molar-refractivity contribution in [2.75, 3.05) is 19.6 Å². The normalized spacial score (nSPS) is 16.2. The zero-order valence-corrected chi connectivity index (χ0v) is 13.0. The lowest BCUT2D eigenvalue weighted by atomic mass is 10.1. The summed E-state index contributed by atoms with van der Waals surface area (Å²) in [6, 6.07) is 9.85. The molecule has 0 aromatic heterocycles. The monoisotopic (exact) mass is 290 g/mol. The average molecular weight is 290 g/mol. The van der Waals surface area contributed by atoms with Crippen LogP contribution < -0.4 is 5.73 Å². The summed E-state index contributed by atoms with van der Waals surface area (Å²) in [4.78, 5) is 13.6. The number of rotatable bonds is 8. The van der Waals surface area contributed by atoms with Crippen LogP contribution in [0.1, 0.15) is 38.4 Å². The van der Waals surface area contributed by atoms with Crippen molar-refractivity contribution in [3.05, 3.63) is 35.9 Å². The molecule has 2 N–H and O–H groups in total. The van der Waals surface area contributed by atoms with Crippen LogP contribution in [0.2, 0.25) is 0 Å². The van der Waals surface area contributed by atoms with Gasteiger partial charge in [-0.1, -0.05) is 44.2 Å². The zero-order chi connectivity index (χ0) is 15.2. The highest BCUT2D eigenvalue weighted by atomic mass is 16.6. The van der Waals surface area contributed by atoms with Crippen molar-refractivity contribution in [2.45, 2.75) is 32.8 Å². The van der Waals surface area contributed by atoms with E-state index in [9.17, 15) is 4.79 Å². The number of primary amides is 1. The Labute approximate surface area is 127 Å². The molecule has 1 atom stereocenters. The maximum absolute atomic E-state index is 11.2. The van der Waals surface area contributed by atoms with Crippen LogP contribution in [-0.4, -0.2) is 30.6 Å². The molecule has 1 amide bonds. The third kappa shape index (κ3) is 5.76. The van der Waals surface area contributed by atoms with Gasteiger partial charge >= 0.3 is 6.09 Å². The molecule has 1 aliphatic carbocycles. The van der Waals surface area contributed by atoms with Gasteiger partial charge in [0.1, 0.15) is 6.10 Å². The van der Waals surface area contributed by atoms with Crippen molar-refractivity contribution in [3.63, 3.8) is 0 Å². The van der Waals surface area contributed by atoms with E-state index in [0.29, 0.717) is 12.5 Å². The molecule has 0 spiro atoms. The minimum Gasteiger partial charge on any atom is -0.440 e. The first kappa shape index (κ1) is 15.8. The average Bonchev–Trinajstić information content (AvgIpc) is 3.21. The Hall–Kier alpha value is -1.55. The molecule has 1 saturated carbocycles.